The fraction of sp³-hybridized carbons (Fsp3) is 0.136. The van der Waals surface area contributed by atoms with Gasteiger partial charge in [0.15, 0.2) is 5.78 Å². The number of thiazole rings is 1. The normalized spacial score (nSPS) is 11.2. The van der Waals surface area contributed by atoms with Gasteiger partial charge >= 0.3 is 5.97 Å². The SMILES string of the molecule is COC=C(C(=O)OC)c1cnc(-c2ccc(C(=O)c3ccccc3)cc2C)s1. The lowest BCUT2D eigenvalue weighted by molar-refractivity contribution is -0.133. The van der Waals surface area contributed by atoms with Gasteiger partial charge in [0.2, 0.25) is 0 Å². The van der Waals surface area contributed by atoms with Gasteiger partial charge in [-0.15, -0.1) is 11.3 Å². The highest BCUT2D eigenvalue weighted by Gasteiger charge is 2.18. The lowest BCUT2D eigenvalue weighted by atomic mass is 9.99. The van der Waals surface area contributed by atoms with E-state index in [1.807, 2.05) is 37.3 Å². The molecule has 28 heavy (non-hydrogen) atoms. The summed E-state index contributed by atoms with van der Waals surface area (Å²) < 4.78 is 9.78. The van der Waals surface area contributed by atoms with Crippen LogP contribution < -0.4 is 0 Å². The smallest absolute Gasteiger partial charge is 0.342 e. The van der Waals surface area contributed by atoms with E-state index in [0.717, 1.165) is 16.1 Å². The van der Waals surface area contributed by atoms with Crippen molar-refractivity contribution < 1.29 is 19.1 Å². The molecule has 0 N–H and O–H groups in total. The predicted molar refractivity (Wildman–Crippen MR) is 109 cm³/mol. The molecule has 0 unspecified atom stereocenters. The minimum absolute atomic E-state index is 0.0221. The van der Waals surface area contributed by atoms with Gasteiger partial charge in [-0.3, -0.25) is 4.79 Å². The van der Waals surface area contributed by atoms with E-state index in [-0.39, 0.29) is 5.78 Å². The molecule has 0 atom stereocenters. The molecule has 0 radical (unpaired) electrons. The largest absolute Gasteiger partial charge is 0.503 e. The van der Waals surface area contributed by atoms with E-state index >= 15 is 0 Å². The lowest BCUT2D eigenvalue weighted by Gasteiger charge is -2.06. The van der Waals surface area contributed by atoms with Gasteiger partial charge in [-0.2, -0.15) is 0 Å². The summed E-state index contributed by atoms with van der Waals surface area (Å²) in [7, 11) is 2.79. The van der Waals surface area contributed by atoms with Gasteiger partial charge < -0.3 is 9.47 Å². The van der Waals surface area contributed by atoms with Crippen LogP contribution in [0.2, 0.25) is 0 Å². The number of ketones is 1. The molecule has 0 saturated heterocycles. The molecule has 0 aliphatic heterocycles. The summed E-state index contributed by atoms with van der Waals surface area (Å²) in [5.41, 5.74) is 3.42. The maximum absolute atomic E-state index is 12.6. The molecule has 6 heteroatoms. The Kier molecular flexibility index (Phi) is 6.01. The zero-order chi connectivity index (χ0) is 20.1. The lowest BCUT2D eigenvalue weighted by Crippen LogP contribution is -2.03. The van der Waals surface area contributed by atoms with Crippen LogP contribution in [0.5, 0.6) is 0 Å². The Morgan fingerprint density at radius 2 is 1.79 bits per heavy atom. The summed E-state index contributed by atoms with van der Waals surface area (Å²) in [4.78, 5) is 29.6. The summed E-state index contributed by atoms with van der Waals surface area (Å²) in [6.45, 7) is 1.93. The third-order valence-corrected chi connectivity index (χ3v) is 5.23. The van der Waals surface area contributed by atoms with Crippen LogP contribution in [0.4, 0.5) is 0 Å². The van der Waals surface area contributed by atoms with Crippen LogP contribution in [0, 0.1) is 6.92 Å². The van der Waals surface area contributed by atoms with Crippen molar-refractivity contribution in [2.24, 2.45) is 0 Å². The van der Waals surface area contributed by atoms with E-state index in [4.69, 9.17) is 9.47 Å². The second-order valence-electron chi connectivity index (χ2n) is 6.01. The average molecular weight is 393 g/mol. The van der Waals surface area contributed by atoms with E-state index in [9.17, 15) is 9.59 Å². The van der Waals surface area contributed by atoms with Crippen LogP contribution in [0.15, 0.2) is 61.0 Å². The topological polar surface area (TPSA) is 65.5 Å². The van der Waals surface area contributed by atoms with E-state index in [2.05, 4.69) is 4.98 Å². The Morgan fingerprint density at radius 1 is 1.04 bits per heavy atom. The summed E-state index contributed by atoms with van der Waals surface area (Å²) >= 11 is 1.36. The molecule has 0 fully saturated rings. The van der Waals surface area contributed by atoms with Crippen molar-refractivity contribution in [3.8, 4) is 10.6 Å². The number of esters is 1. The van der Waals surface area contributed by atoms with Crippen LogP contribution in [0.3, 0.4) is 0 Å². The van der Waals surface area contributed by atoms with Crippen molar-refractivity contribution >= 4 is 28.7 Å². The third-order valence-electron chi connectivity index (χ3n) is 4.17. The molecule has 0 spiro atoms. The maximum atomic E-state index is 12.6. The minimum atomic E-state index is -0.488. The molecule has 0 aliphatic rings. The van der Waals surface area contributed by atoms with Crippen molar-refractivity contribution in [2.75, 3.05) is 14.2 Å². The first kappa shape index (κ1) is 19.5. The first-order chi connectivity index (χ1) is 13.5. The molecule has 3 rings (SSSR count). The van der Waals surface area contributed by atoms with E-state index in [0.29, 0.717) is 21.6 Å². The fourth-order valence-electron chi connectivity index (χ4n) is 2.76. The van der Waals surface area contributed by atoms with Gasteiger partial charge in [-0.25, -0.2) is 9.78 Å². The summed E-state index contributed by atoms with van der Waals surface area (Å²) in [5.74, 6) is -0.510. The van der Waals surface area contributed by atoms with E-state index < -0.39 is 5.97 Å². The number of ether oxygens (including phenoxy) is 2. The molecule has 5 nitrogen and oxygen atoms in total. The standard InChI is InChI=1S/C22H19NO4S/c1-14-11-16(20(24)15-7-5-4-6-8-15)9-10-17(14)21-23-12-19(28-21)18(13-26-2)22(25)27-3/h4-13H,1-3H3. The maximum Gasteiger partial charge on any atom is 0.342 e. The Bertz CT molecular complexity index is 1040. The fourth-order valence-corrected chi connectivity index (χ4v) is 3.76. The Hall–Kier alpha value is -3.25. The summed E-state index contributed by atoms with van der Waals surface area (Å²) in [6.07, 6.45) is 2.96. The highest BCUT2D eigenvalue weighted by molar-refractivity contribution is 7.16. The van der Waals surface area contributed by atoms with Crippen LogP contribution in [-0.4, -0.2) is 31.0 Å². The summed E-state index contributed by atoms with van der Waals surface area (Å²) in [5, 5.41) is 0.747. The van der Waals surface area contributed by atoms with Crippen LogP contribution in [0.1, 0.15) is 26.4 Å². The predicted octanol–water partition coefficient (Wildman–Crippen LogP) is 4.51. The first-order valence-electron chi connectivity index (χ1n) is 8.53. The average Bonchev–Trinajstić information content (AvgIpc) is 3.20. The number of rotatable bonds is 6. The van der Waals surface area contributed by atoms with Crippen molar-refractivity contribution in [3.63, 3.8) is 0 Å². The molecule has 3 aromatic rings. The number of carbonyl (C=O) groups excluding carboxylic acids is 2. The van der Waals surface area contributed by atoms with Gasteiger partial charge in [-0.05, 0) is 18.6 Å². The molecule has 0 saturated carbocycles. The van der Waals surface area contributed by atoms with Crippen LogP contribution in [0.25, 0.3) is 16.1 Å². The number of aryl methyl sites for hydroxylation is 1. The zero-order valence-electron chi connectivity index (χ0n) is 15.8. The molecule has 142 valence electrons. The first-order valence-corrected chi connectivity index (χ1v) is 9.35. The van der Waals surface area contributed by atoms with Crippen molar-refractivity contribution in [1.82, 2.24) is 4.98 Å². The quantitative estimate of drug-likeness (QED) is 0.267. The molecule has 1 aromatic heterocycles. The highest BCUT2D eigenvalue weighted by Crippen LogP contribution is 2.32. The highest BCUT2D eigenvalue weighted by atomic mass is 32.1. The third kappa shape index (κ3) is 4.02. The number of benzene rings is 2. The van der Waals surface area contributed by atoms with Crippen molar-refractivity contribution in [1.29, 1.82) is 0 Å². The van der Waals surface area contributed by atoms with Crippen LogP contribution >= 0.6 is 11.3 Å². The van der Waals surface area contributed by atoms with Gasteiger partial charge in [-0.1, -0.05) is 42.5 Å². The summed E-state index contributed by atoms with van der Waals surface area (Å²) in [6, 6.07) is 14.7. The van der Waals surface area contributed by atoms with E-state index in [1.54, 1.807) is 24.4 Å². The molecule has 2 aromatic carbocycles. The second-order valence-corrected chi connectivity index (χ2v) is 7.04. The number of methoxy groups -OCH3 is 2. The number of nitrogens with zero attached hydrogens (tertiary/aromatic N) is 1. The van der Waals surface area contributed by atoms with Gasteiger partial charge in [0.25, 0.3) is 0 Å². The Morgan fingerprint density at radius 3 is 2.43 bits per heavy atom. The minimum Gasteiger partial charge on any atom is -0.503 e. The molecular formula is C22H19NO4S. The zero-order valence-corrected chi connectivity index (χ0v) is 16.6. The molecular weight excluding hydrogens is 374 g/mol. The number of carbonyl (C=O) groups is 2. The Labute approximate surface area is 167 Å². The number of hydrogen-bond acceptors (Lipinski definition) is 6. The second kappa shape index (κ2) is 8.63. The number of aromatic nitrogens is 1. The van der Waals surface area contributed by atoms with Crippen molar-refractivity contribution in [2.45, 2.75) is 6.92 Å². The molecule has 1 heterocycles. The van der Waals surface area contributed by atoms with E-state index in [1.165, 1.54) is 31.8 Å². The monoisotopic (exact) mass is 393 g/mol. The Balaban J connectivity index is 1.91. The molecule has 0 aliphatic carbocycles. The van der Waals surface area contributed by atoms with Crippen LogP contribution in [-0.2, 0) is 14.3 Å². The molecule has 0 bridgehead atoms. The van der Waals surface area contributed by atoms with Gasteiger partial charge in [0.1, 0.15) is 10.6 Å². The molecule has 0 amide bonds. The van der Waals surface area contributed by atoms with Gasteiger partial charge in [0.05, 0.1) is 25.4 Å². The van der Waals surface area contributed by atoms with Crippen molar-refractivity contribution in [3.05, 3.63) is 82.6 Å². The number of hydrogen-bond donors (Lipinski definition) is 0. The van der Waals surface area contributed by atoms with Gasteiger partial charge in [0, 0.05) is 22.9 Å².